The molecule has 26 heavy (non-hydrogen) atoms. The molecule has 6 heteroatoms. The van der Waals surface area contributed by atoms with E-state index in [4.69, 9.17) is 0 Å². The van der Waals surface area contributed by atoms with Gasteiger partial charge >= 0.3 is 0 Å². The Kier molecular flexibility index (Phi) is 4.18. The number of hydrogen-bond donors (Lipinski definition) is 0. The van der Waals surface area contributed by atoms with Gasteiger partial charge in [0.1, 0.15) is 11.5 Å². The van der Waals surface area contributed by atoms with Gasteiger partial charge in [-0.25, -0.2) is 13.9 Å². The van der Waals surface area contributed by atoms with E-state index in [0.717, 1.165) is 36.2 Å². The molecule has 4 rings (SSSR count). The molecule has 1 unspecified atom stereocenters. The maximum absolute atomic E-state index is 13.3. The molecule has 0 spiro atoms. The van der Waals surface area contributed by atoms with Crippen LogP contribution in [-0.2, 0) is 0 Å². The maximum atomic E-state index is 13.3. The third kappa shape index (κ3) is 2.96. The van der Waals surface area contributed by atoms with E-state index in [1.165, 1.54) is 12.1 Å². The maximum Gasteiger partial charge on any atom is 0.273 e. The zero-order chi connectivity index (χ0) is 18.3. The molecule has 1 atom stereocenters. The number of benzene rings is 1. The number of carbonyl (C=O) groups excluding carboxylic acids is 1. The summed E-state index contributed by atoms with van der Waals surface area (Å²) in [7, 11) is 0. The minimum atomic E-state index is -0.263. The molecule has 1 amide bonds. The first-order chi connectivity index (χ1) is 12.5. The fourth-order valence-electron chi connectivity index (χ4n) is 3.70. The molecule has 0 aliphatic carbocycles. The van der Waals surface area contributed by atoms with E-state index in [1.54, 1.807) is 22.7 Å². The predicted octanol–water partition coefficient (Wildman–Crippen LogP) is 3.85. The molecule has 1 aromatic carbocycles. The van der Waals surface area contributed by atoms with Crippen LogP contribution in [0.5, 0.6) is 0 Å². The molecule has 2 aromatic heterocycles. The normalized spacial score (nSPS) is 17.7. The lowest BCUT2D eigenvalue weighted by Gasteiger charge is -2.36. The van der Waals surface area contributed by atoms with E-state index in [0.29, 0.717) is 17.9 Å². The number of nitrogens with zero attached hydrogens (tertiary/aromatic N) is 4. The monoisotopic (exact) mass is 352 g/mol. The Morgan fingerprint density at radius 2 is 1.92 bits per heavy atom. The van der Waals surface area contributed by atoms with Crippen LogP contribution < -0.4 is 0 Å². The number of hydrogen-bond acceptors (Lipinski definition) is 3. The van der Waals surface area contributed by atoms with Crippen LogP contribution in [0.25, 0.3) is 5.65 Å². The van der Waals surface area contributed by atoms with E-state index < -0.39 is 0 Å². The standard InChI is InChI=1S/C20H21FN4O/c1-13-11-19-22-17(12-14(2)25(19)23-13)20(26)24-10-4-3-5-18(24)15-6-8-16(21)9-7-15/h6-9,11-12,18H,3-5,10H2,1-2H3. The predicted molar refractivity (Wildman–Crippen MR) is 96.5 cm³/mol. The number of fused-ring (bicyclic) bond motifs is 1. The van der Waals surface area contributed by atoms with Crippen LogP contribution in [0.3, 0.4) is 0 Å². The number of likely N-dealkylation sites (tertiary alicyclic amines) is 1. The molecule has 0 saturated carbocycles. The molecular formula is C20H21FN4O. The van der Waals surface area contributed by atoms with Crippen LogP contribution in [0.1, 0.15) is 52.7 Å². The van der Waals surface area contributed by atoms with Crippen LogP contribution in [0, 0.1) is 19.7 Å². The van der Waals surface area contributed by atoms with Gasteiger partial charge in [-0.2, -0.15) is 5.10 Å². The first-order valence-electron chi connectivity index (χ1n) is 8.93. The zero-order valence-electron chi connectivity index (χ0n) is 14.9. The fourth-order valence-corrected chi connectivity index (χ4v) is 3.70. The van der Waals surface area contributed by atoms with Crippen molar-refractivity contribution >= 4 is 11.6 Å². The van der Waals surface area contributed by atoms with E-state index >= 15 is 0 Å². The minimum absolute atomic E-state index is 0.0400. The zero-order valence-corrected chi connectivity index (χ0v) is 14.9. The van der Waals surface area contributed by atoms with Crippen molar-refractivity contribution in [1.82, 2.24) is 19.5 Å². The van der Waals surface area contributed by atoms with E-state index in [1.807, 2.05) is 24.8 Å². The molecule has 0 N–H and O–H groups in total. The average molecular weight is 352 g/mol. The largest absolute Gasteiger partial charge is 0.330 e. The Morgan fingerprint density at radius 3 is 2.69 bits per heavy atom. The molecule has 1 aliphatic rings. The molecule has 3 aromatic rings. The van der Waals surface area contributed by atoms with Crippen molar-refractivity contribution in [2.45, 2.75) is 39.2 Å². The molecule has 5 nitrogen and oxygen atoms in total. The van der Waals surface area contributed by atoms with Gasteiger partial charge in [0.2, 0.25) is 0 Å². The molecule has 0 radical (unpaired) electrons. The Morgan fingerprint density at radius 1 is 1.15 bits per heavy atom. The highest BCUT2D eigenvalue weighted by Crippen LogP contribution is 2.32. The van der Waals surface area contributed by atoms with Crippen LogP contribution in [0.2, 0.25) is 0 Å². The summed E-state index contributed by atoms with van der Waals surface area (Å²) in [6, 6.07) is 10.1. The number of carbonyl (C=O) groups is 1. The van der Waals surface area contributed by atoms with Gasteiger partial charge in [-0.05, 0) is 56.9 Å². The SMILES string of the molecule is Cc1cc2nc(C(=O)N3CCCCC3c3ccc(F)cc3)cc(C)n2n1. The molecule has 1 saturated heterocycles. The van der Waals surface area contributed by atoms with Crippen molar-refractivity contribution in [3.63, 3.8) is 0 Å². The van der Waals surface area contributed by atoms with Gasteiger partial charge in [-0.3, -0.25) is 4.79 Å². The summed E-state index contributed by atoms with van der Waals surface area (Å²) >= 11 is 0. The third-order valence-electron chi connectivity index (χ3n) is 4.96. The van der Waals surface area contributed by atoms with E-state index in [2.05, 4.69) is 10.1 Å². The van der Waals surface area contributed by atoms with Crippen molar-refractivity contribution in [3.05, 3.63) is 64.9 Å². The quantitative estimate of drug-likeness (QED) is 0.704. The number of piperidine rings is 1. The van der Waals surface area contributed by atoms with Crippen LogP contribution in [0.4, 0.5) is 4.39 Å². The van der Waals surface area contributed by atoms with Crippen molar-refractivity contribution < 1.29 is 9.18 Å². The Balaban J connectivity index is 1.70. The second-order valence-electron chi connectivity index (χ2n) is 6.90. The van der Waals surface area contributed by atoms with Crippen LogP contribution in [0.15, 0.2) is 36.4 Å². The fraction of sp³-hybridized carbons (Fsp3) is 0.350. The highest BCUT2D eigenvalue weighted by Gasteiger charge is 2.29. The summed E-state index contributed by atoms with van der Waals surface area (Å²) in [5.74, 6) is -0.343. The number of amides is 1. The van der Waals surface area contributed by atoms with Crippen LogP contribution in [-0.4, -0.2) is 31.9 Å². The smallest absolute Gasteiger partial charge is 0.273 e. The average Bonchev–Trinajstić information content (AvgIpc) is 3.03. The summed E-state index contributed by atoms with van der Waals surface area (Å²) in [4.78, 5) is 19.6. The summed E-state index contributed by atoms with van der Waals surface area (Å²) in [5, 5.41) is 4.39. The third-order valence-corrected chi connectivity index (χ3v) is 4.96. The van der Waals surface area contributed by atoms with Gasteiger partial charge < -0.3 is 4.90 Å². The number of aromatic nitrogens is 3. The highest BCUT2D eigenvalue weighted by molar-refractivity contribution is 5.93. The number of aryl methyl sites for hydroxylation is 2. The van der Waals surface area contributed by atoms with Crippen molar-refractivity contribution in [1.29, 1.82) is 0 Å². The first kappa shape index (κ1) is 16.7. The lowest BCUT2D eigenvalue weighted by Crippen LogP contribution is -2.39. The highest BCUT2D eigenvalue weighted by atomic mass is 19.1. The topological polar surface area (TPSA) is 50.5 Å². The molecule has 134 valence electrons. The molecule has 1 aliphatic heterocycles. The number of rotatable bonds is 2. The van der Waals surface area contributed by atoms with Crippen molar-refractivity contribution in [2.24, 2.45) is 0 Å². The van der Waals surface area contributed by atoms with Gasteiger partial charge in [0, 0.05) is 18.3 Å². The van der Waals surface area contributed by atoms with Gasteiger partial charge in [0.25, 0.3) is 5.91 Å². The molecule has 3 heterocycles. The van der Waals surface area contributed by atoms with Crippen molar-refractivity contribution in [2.75, 3.05) is 6.54 Å². The lowest BCUT2D eigenvalue weighted by molar-refractivity contribution is 0.0605. The second-order valence-corrected chi connectivity index (χ2v) is 6.90. The molecular weight excluding hydrogens is 331 g/mol. The Labute approximate surface area is 151 Å². The number of halogens is 1. The van der Waals surface area contributed by atoms with E-state index in [9.17, 15) is 9.18 Å². The summed E-state index contributed by atoms with van der Waals surface area (Å²) in [6.07, 6.45) is 2.90. The minimum Gasteiger partial charge on any atom is -0.330 e. The Bertz CT molecular complexity index is 964. The van der Waals surface area contributed by atoms with Gasteiger partial charge in [-0.15, -0.1) is 0 Å². The van der Waals surface area contributed by atoms with Gasteiger partial charge in [0.05, 0.1) is 11.7 Å². The van der Waals surface area contributed by atoms with Gasteiger partial charge in [-0.1, -0.05) is 12.1 Å². The van der Waals surface area contributed by atoms with Gasteiger partial charge in [0.15, 0.2) is 5.65 Å². The molecule has 0 bridgehead atoms. The summed E-state index contributed by atoms with van der Waals surface area (Å²) in [5.41, 5.74) is 3.83. The summed E-state index contributed by atoms with van der Waals surface area (Å²) < 4.78 is 15.0. The lowest BCUT2D eigenvalue weighted by atomic mass is 9.95. The van der Waals surface area contributed by atoms with E-state index in [-0.39, 0.29) is 17.8 Å². The summed E-state index contributed by atoms with van der Waals surface area (Å²) in [6.45, 7) is 4.52. The first-order valence-corrected chi connectivity index (χ1v) is 8.93. The second kappa shape index (κ2) is 6.52. The van der Waals surface area contributed by atoms with Crippen LogP contribution >= 0.6 is 0 Å². The Hall–Kier alpha value is -2.76. The van der Waals surface area contributed by atoms with Crippen molar-refractivity contribution in [3.8, 4) is 0 Å². The molecule has 1 fully saturated rings.